The van der Waals surface area contributed by atoms with Gasteiger partial charge in [-0.2, -0.15) is 0 Å². The molecular weight excluding hydrogens is 212 g/mol. The van der Waals surface area contributed by atoms with Gasteiger partial charge >= 0.3 is 0 Å². The second kappa shape index (κ2) is 5.71. The van der Waals surface area contributed by atoms with E-state index in [9.17, 15) is 4.79 Å². The monoisotopic (exact) mass is 226 g/mol. The lowest BCUT2D eigenvalue weighted by atomic mass is 10.1. The zero-order chi connectivity index (χ0) is 11.3. The first-order chi connectivity index (χ1) is 7.09. The van der Waals surface area contributed by atoms with Gasteiger partial charge in [0.25, 0.3) is 0 Å². The molecule has 2 atom stereocenters. The van der Waals surface area contributed by atoms with Gasteiger partial charge in [0.05, 0.1) is 0 Å². The number of pyridine rings is 1. The molecule has 0 spiro atoms. The molecule has 15 heavy (non-hydrogen) atoms. The Morgan fingerprint density at radius 2 is 2.33 bits per heavy atom. The van der Waals surface area contributed by atoms with E-state index in [0.717, 1.165) is 12.0 Å². The van der Waals surface area contributed by atoms with Crippen LogP contribution in [0.2, 0.25) is 0 Å². The summed E-state index contributed by atoms with van der Waals surface area (Å²) in [7, 11) is 0. The number of hydrogen-bond acceptors (Lipinski definition) is 2. The minimum Gasteiger partial charge on any atom is -0.352 e. The largest absolute Gasteiger partial charge is 0.352 e. The fourth-order valence-electron chi connectivity index (χ4n) is 1.28. The highest BCUT2D eigenvalue weighted by atomic mass is 35.5. The Hall–Kier alpha value is -1.09. The van der Waals surface area contributed by atoms with Crippen molar-refractivity contribution in [1.29, 1.82) is 0 Å². The number of hydrogen-bond donors (Lipinski definition) is 1. The zero-order valence-electron chi connectivity index (χ0n) is 8.90. The van der Waals surface area contributed by atoms with Gasteiger partial charge in [-0.1, -0.05) is 6.07 Å². The Morgan fingerprint density at radius 1 is 1.60 bits per heavy atom. The number of halogens is 1. The second-order valence-electron chi connectivity index (χ2n) is 3.59. The molecule has 1 rings (SSSR count). The summed E-state index contributed by atoms with van der Waals surface area (Å²) in [5.74, 6) is -0.131. The third-order valence-electron chi connectivity index (χ3n) is 2.01. The molecule has 0 aliphatic rings. The van der Waals surface area contributed by atoms with Crippen molar-refractivity contribution in [3.63, 3.8) is 0 Å². The normalized spacial score (nSPS) is 14.3. The van der Waals surface area contributed by atoms with Gasteiger partial charge in [-0.3, -0.25) is 9.78 Å². The molecule has 0 aliphatic heterocycles. The summed E-state index contributed by atoms with van der Waals surface area (Å²) in [5, 5.41) is 2.34. The lowest BCUT2D eigenvalue weighted by molar-refractivity contribution is -0.121. The van der Waals surface area contributed by atoms with Crippen LogP contribution in [0.25, 0.3) is 0 Å². The average molecular weight is 227 g/mol. The van der Waals surface area contributed by atoms with Gasteiger partial charge in [-0.05, 0) is 31.9 Å². The molecule has 0 fully saturated rings. The first-order valence-corrected chi connectivity index (χ1v) is 5.36. The Balaban J connectivity index is 2.43. The number of rotatable bonds is 4. The van der Waals surface area contributed by atoms with E-state index in [1.165, 1.54) is 0 Å². The van der Waals surface area contributed by atoms with E-state index in [-0.39, 0.29) is 11.9 Å². The van der Waals surface area contributed by atoms with Crippen LogP contribution >= 0.6 is 11.6 Å². The molecule has 0 aromatic carbocycles. The van der Waals surface area contributed by atoms with Crippen LogP contribution in [-0.4, -0.2) is 22.3 Å². The van der Waals surface area contributed by atoms with Crippen molar-refractivity contribution >= 4 is 17.5 Å². The third kappa shape index (κ3) is 4.30. The Bertz CT molecular complexity index is 314. The molecule has 1 amide bonds. The highest BCUT2D eigenvalue weighted by Gasteiger charge is 2.12. The third-order valence-corrected chi connectivity index (χ3v) is 2.21. The van der Waals surface area contributed by atoms with Crippen LogP contribution < -0.4 is 5.32 Å². The summed E-state index contributed by atoms with van der Waals surface area (Å²) in [6, 6.07) is 3.94. The highest BCUT2D eigenvalue weighted by molar-refractivity contribution is 6.30. The number of carbonyl (C=O) groups excluding carboxylic acids is 1. The standard InChI is InChI=1S/C11H15ClN2O/c1-8(14-11(15)9(2)12)6-10-4-3-5-13-7-10/h3-5,7-9H,6H2,1-2H3,(H,14,15). The minimum absolute atomic E-state index is 0.0721. The summed E-state index contributed by atoms with van der Waals surface area (Å²) >= 11 is 5.65. The molecule has 1 aromatic heterocycles. The maximum atomic E-state index is 11.3. The number of alkyl halides is 1. The van der Waals surface area contributed by atoms with E-state index in [0.29, 0.717) is 0 Å². The topological polar surface area (TPSA) is 42.0 Å². The summed E-state index contributed by atoms with van der Waals surface area (Å²) in [6.07, 6.45) is 4.30. The lowest BCUT2D eigenvalue weighted by Crippen LogP contribution is -2.38. The maximum absolute atomic E-state index is 11.3. The van der Waals surface area contributed by atoms with E-state index in [1.807, 2.05) is 19.1 Å². The van der Waals surface area contributed by atoms with Gasteiger partial charge < -0.3 is 5.32 Å². The number of nitrogens with one attached hydrogen (secondary N) is 1. The van der Waals surface area contributed by atoms with E-state index < -0.39 is 5.38 Å². The predicted octanol–water partition coefficient (Wildman–Crippen LogP) is 1.76. The summed E-state index contributed by atoms with van der Waals surface area (Å²) < 4.78 is 0. The summed E-state index contributed by atoms with van der Waals surface area (Å²) in [6.45, 7) is 3.61. The molecule has 0 radical (unpaired) electrons. The van der Waals surface area contributed by atoms with Gasteiger partial charge in [0.1, 0.15) is 5.38 Å². The van der Waals surface area contributed by atoms with E-state index >= 15 is 0 Å². The van der Waals surface area contributed by atoms with Crippen LogP contribution in [0.15, 0.2) is 24.5 Å². The van der Waals surface area contributed by atoms with E-state index in [2.05, 4.69) is 10.3 Å². The summed E-state index contributed by atoms with van der Waals surface area (Å²) in [4.78, 5) is 15.3. The predicted molar refractivity (Wildman–Crippen MR) is 60.9 cm³/mol. The molecule has 0 saturated carbocycles. The molecule has 1 N–H and O–H groups in total. The number of nitrogens with zero attached hydrogens (tertiary/aromatic N) is 1. The number of aromatic nitrogens is 1. The Labute approximate surface area is 94.9 Å². The second-order valence-corrected chi connectivity index (χ2v) is 4.25. The number of amides is 1. The molecule has 3 nitrogen and oxygen atoms in total. The molecule has 0 saturated heterocycles. The van der Waals surface area contributed by atoms with Crippen molar-refractivity contribution in [1.82, 2.24) is 10.3 Å². The molecule has 0 bridgehead atoms. The van der Waals surface area contributed by atoms with Crippen LogP contribution in [0.4, 0.5) is 0 Å². The Morgan fingerprint density at radius 3 is 2.87 bits per heavy atom. The van der Waals surface area contributed by atoms with Gasteiger partial charge in [-0.25, -0.2) is 0 Å². The molecule has 1 aromatic rings. The molecule has 2 unspecified atom stereocenters. The van der Waals surface area contributed by atoms with Gasteiger partial charge in [0.15, 0.2) is 0 Å². The van der Waals surface area contributed by atoms with Gasteiger partial charge in [-0.15, -0.1) is 11.6 Å². The van der Waals surface area contributed by atoms with Crippen LogP contribution in [0.5, 0.6) is 0 Å². The first kappa shape index (κ1) is 12.0. The molecule has 82 valence electrons. The van der Waals surface area contributed by atoms with Crippen molar-refractivity contribution in [2.45, 2.75) is 31.7 Å². The quantitative estimate of drug-likeness (QED) is 0.795. The van der Waals surface area contributed by atoms with Crippen molar-refractivity contribution in [2.24, 2.45) is 0 Å². The fraction of sp³-hybridized carbons (Fsp3) is 0.455. The van der Waals surface area contributed by atoms with Gasteiger partial charge in [0, 0.05) is 18.4 Å². The zero-order valence-corrected chi connectivity index (χ0v) is 9.66. The Kier molecular flexibility index (Phi) is 4.56. The number of carbonyl (C=O) groups is 1. The SMILES string of the molecule is CC(Cc1cccnc1)NC(=O)C(C)Cl. The summed E-state index contributed by atoms with van der Waals surface area (Å²) in [5.41, 5.74) is 1.10. The van der Waals surface area contributed by atoms with Crippen LogP contribution in [0.1, 0.15) is 19.4 Å². The lowest BCUT2D eigenvalue weighted by Gasteiger charge is -2.14. The van der Waals surface area contributed by atoms with Crippen molar-refractivity contribution < 1.29 is 4.79 Å². The van der Waals surface area contributed by atoms with Crippen molar-refractivity contribution in [2.75, 3.05) is 0 Å². The van der Waals surface area contributed by atoms with Crippen LogP contribution in [-0.2, 0) is 11.2 Å². The molecule has 4 heteroatoms. The van der Waals surface area contributed by atoms with Crippen molar-refractivity contribution in [3.8, 4) is 0 Å². The maximum Gasteiger partial charge on any atom is 0.237 e. The molecule has 0 aliphatic carbocycles. The van der Waals surface area contributed by atoms with E-state index in [1.54, 1.807) is 19.3 Å². The van der Waals surface area contributed by atoms with Gasteiger partial charge in [0.2, 0.25) is 5.91 Å². The first-order valence-electron chi connectivity index (χ1n) is 4.93. The smallest absolute Gasteiger partial charge is 0.237 e. The molecular formula is C11H15ClN2O. The fourth-order valence-corrected chi connectivity index (χ4v) is 1.34. The van der Waals surface area contributed by atoms with Crippen LogP contribution in [0.3, 0.4) is 0 Å². The average Bonchev–Trinajstić information content (AvgIpc) is 2.18. The van der Waals surface area contributed by atoms with Crippen LogP contribution in [0, 0.1) is 0 Å². The minimum atomic E-state index is -0.485. The highest BCUT2D eigenvalue weighted by Crippen LogP contribution is 2.02. The van der Waals surface area contributed by atoms with E-state index in [4.69, 9.17) is 11.6 Å². The van der Waals surface area contributed by atoms with Crippen molar-refractivity contribution in [3.05, 3.63) is 30.1 Å². The molecule has 1 heterocycles.